The highest BCUT2D eigenvalue weighted by Gasteiger charge is 2.29. The Kier molecular flexibility index (Phi) is 6.19. The summed E-state index contributed by atoms with van der Waals surface area (Å²) in [4.78, 5) is 13.4. The van der Waals surface area contributed by atoms with E-state index in [9.17, 15) is 13.2 Å². The smallest absolute Gasteiger partial charge is 0.422 e. The monoisotopic (exact) mass is 321 g/mol. The number of nitrogens with two attached hydrogens (primary N) is 1. The molecular weight excluding hydrogens is 299 g/mol. The molecule has 6 nitrogen and oxygen atoms in total. The summed E-state index contributed by atoms with van der Waals surface area (Å²) in [6.45, 7) is 7.95. The van der Waals surface area contributed by atoms with Gasteiger partial charge in [0, 0.05) is 13.1 Å². The lowest BCUT2D eigenvalue weighted by Crippen LogP contribution is -2.33. The van der Waals surface area contributed by atoms with Crippen LogP contribution < -0.4 is 15.4 Å². The Morgan fingerprint density at radius 3 is 2.05 bits per heavy atom. The Bertz CT molecular complexity index is 469. The summed E-state index contributed by atoms with van der Waals surface area (Å²) >= 11 is 0. The molecule has 0 radical (unpaired) electrons. The van der Waals surface area contributed by atoms with E-state index < -0.39 is 18.8 Å². The largest absolute Gasteiger partial charge is 0.454 e. The van der Waals surface area contributed by atoms with Crippen LogP contribution in [0.5, 0.6) is 6.01 Å². The van der Waals surface area contributed by atoms with E-state index in [1.807, 2.05) is 32.6 Å². The molecule has 9 heteroatoms. The van der Waals surface area contributed by atoms with E-state index in [0.29, 0.717) is 24.9 Å². The lowest BCUT2D eigenvalue weighted by molar-refractivity contribution is -0.154. The zero-order chi connectivity index (χ0) is 16.9. The van der Waals surface area contributed by atoms with Crippen molar-refractivity contribution >= 4 is 11.9 Å². The lowest BCUT2D eigenvalue weighted by atomic mass is 10.1. The van der Waals surface area contributed by atoms with E-state index in [4.69, 9.17) is 5.73 Å². The number of hydrogen-bond donors (Lipinski definition) is 1. The van der Waals surface area contributed by atoms with E-state index in [0.717, 1.165) is 0 Å². The number of ether oxygens (including phenoxy) is 1. The van der Waals surface area contributed by atoms with Crippen molar-refractivity contribution in [3.8, 4) is 6.01 Å². The average Bonchev–Trinajstić information content (AvgIpc) is 2.33. The van der Waals surface area contributed by atoms with Crippen LogP contribution in [0.25, 0.3) is 0 Å². The number of hydrogen-bond acceptors (Lipinski definition) is 6. The van der Waals surface area contributed by atoms with Crippen LogP contribution in [-0.2, 0) is 0 Å². The standard InChI is InChI=1S/C13H22F3N5O/c1-8(2)5-21(6-9(3)4)11-18-10(17)19-12(20-11)22-7-13(14,15)16/h8-9H,5-7H2,1-4H3,(H2,17,18,19,20). The molecule has 0 atom stereocenters. The van der Waals surface area contributed by atoms with Crippen LogP contribution in [0, 0.1) is 11.8 Å². The molecule has 0 saturated carbocycles. The predicted octanol–water partition coefficient (Wildman–Crippen LogP) is 2.51. The zero-order valence-corrected chi connectivity index (χ0v) is 13.2. The van der Waals surface area contributed by atoms with Gasteiger partial charge in [0.1, 0.15) is 0 Å². The van der Waals surface area contributed by atoms with Gasteiger partial charge in [0.05, 0.1) is 0 Å². The topological polar surface area (TPSA) is 77.2 Å². The van der Waals surface area contributed by atoms with E-state index >= 15 is 0 Å². The van der Waals surface area contributed by atoms with Gasteiger partial charge >= 0.3 is 12.2 Å². The predicted molar refractivity (Wildman–Crippen MR) is 77.7 cm³/mol. The molecule has 1 rings (SSSR count). The molecule has 2 N–H and O–H groups in total. The lowest BCUT2D eigenvalue weighted by Gasteiger charge is -2.26. The van der Waals surface area contributed by atoms with Gasteiger partial charge in [-0.25, -0.2) is 0 Å². The first kappa shape index (κ1) is 18.2. The summed E-state index contributed by atoms with van der Waals surface area (Å²) in [5.41, 5.74) is 5.55. The number of anilines is 2. The number of rotatable bonds is 7. The second-order valence-electron chi connectivity index (χ2n) is 5.87. The van der Waals surface area contributed by atoms with Crippen LogP contribution >= 0.6 is 0 Å². The Balaban J connectivity index is 2.97. The van der Waals surface area contributed by atoms with Crippen LogP contribution in [0.2, 0.25) is 0 Å². The normalized spacial score (nSPS) is 12.0. The third-order valence-corrected chi connectivity index (χ3v) is 2.44. The molecule has 0 unspecified atom stereocenters. The van der Waals surface area contributed by atoms with Crippen LogP contribution in [0.3, 0.4) is 0 Å². The maximum Gasteiger partial charge on any atom is 0.422 e. The summed E-state index contributed by atoms with van der Waals surface area (Å²) in [5.74, 6) is 0.722. The van der Waals surface area contributed by atoms with E-state index in [1.54, 1.807) is 0 Å². The molecule has 0 fully saturated rings. The first-order valence-electron chi connectivity index (χ1n) is 7.03. The van der Waals surface area contributed by atoms with Gasteiger partial charge in [-0.05, 0) is 11.8 Å². The van der Waals surface area contributed by atoms with Crippen molar-refractivity contribution in [3.63, 3.8) is 0 Å². The highest BCUT2D eigenvalue weighted by atomic mass is 19.4. The molecule has 0 aliphatic rings. The van der Waals surface area contributed by atoms with Gasteiger partial charge in [-0.15, -0.1) is 0 Å². The molecule has 0 saturated heterocycles. The van der Waals surface area contributed by atoms with Gasteiger partial charge in [-0.3, -0.25) is 0 Å². The van der Waals surface area contributed by atoms with Crippen LogP contribution in [0.15, 0.2) is 0 Å². The fraction of sp³-hybridized carbons (Fsp3) is 0.769. The number of halogens is 3. The number of alkyl halides is 3. The molecule has 1 aromatic rings. The summed E-state index contributed by atoms with van der Waals surface area (Å²) in [5, 5.41) is 0. The summed E-state index contributed by atoms with van der Waals surface area (Å²) in [7, 11) is 0. The minimum Gasteiger partial charge on any atom is -0.454 e. The first-order valence-corrected chi connectivity index (χ1v) is 7.03. The molecule has 22 heavy (non-hydrogen) atoms. The van der Waals surface area contributed by atoms with Crippen molar-refractivity contribution in [1.82, 2.24) is 15.0 Å². The molecule has 126 valence electrons. The van der Waals surface area contributed by atoms with Crippen molar-refractivity contribution < 1.29 is 17.9 Å². The average molecular weight is 321 g/mol. The summed E-state index contributed by atoms with van der Waals surface area (Å²) in [6.07, 6.45) is -4.46. The fourth-order valence-electron chi connectivity index (χ4n) is 1.83. The molecule has 1 aromatic heterocycles. The van der Waals surface area contributed by atoms with Crippen molar-refractivity contribution in [2.45, 2.75) is 33.9 Å². The second-order valence-corrected chi connectivity index (χ2v) is 5.87. The minimum absolute atomic E-state index is 0.167. The van der Waals surface area contributed by atoms with E-state index in [2.05, 4.69) is 19.7 Å². The minimum atomic E-state index is -4.46. The maximum absolute atomic E-state index is 12.2. The highest BCUT2D eigenvalue weighted by Crippen LogP contribution is 2.19. The van der Waals surface area contributed by atoms with E-state index in [-0.39, 0.29) is 11.9 Å². The number of aromatic nitrogens is 3. The first-order chi connectivity index (χ1) is 10.1. The molecular formula is C13H22F3N5O. The summed E-state index contributed by atoms with van der Waals surface area (Å²) in [6, 6.07) is -0.419. The third-order valence-electron chi connectivity index (χ3n) is 2.44. The van der Waals surface area contributed by atoms with Crippen molar-refractivity contribution in [3.05, 3.63) is 0 Å². The Hall–Kier alpha value is -1.80. The van der Waals surface area contributed by atoms with Gasteiger partial charge in [0.25, 0.3) is 0 Å². The van der Waals surface area contributed by atoms with Gasteiger partial charge in [0.15, 0.2) is 6.61 Å². The quantitative estimate of drug-likeness (QED) is 0.831. The molecule has 0 aliphatic heterocycles. The molecule has 0 bridgehead atoms. The molecule has 0 aliphatic carbocycles. The third kappa shape index (κ3) is 6.77. The van der Waals surface area contributed by atoms with Crippen molar-refractivity contribution in [2.24, 2.45) is 11.8 Å². The van der Waals surface area contributed by atoms with Gasteiger partial charge in [0.2, 0.25) is 11.9 Å². The molecule has 1 heterocycles. The zero-order valence-electron chi connectivity index (χ0n) is 13.2. The maximum atomic E-state index is 12.2. The van der Waals surface area contributed by atoms with Gasteiger partial charge < -0.3 is 15.4 Å². The SMILES string of the molecule is CC(C)CN(CC(C)C)c1nc(N)nc(OCC(F)(F)F)n1. The Labute approximate surface area is 127 Å². The Morgan fingerprint density at radius 1 is 1.05 bits per heavy atom. The van der Waals surface area contributed by atoms with Crippen molar-refractivity contribution in [1.29, 1.82) is 0 Å². The van der Waals surface area contributed by atoms with E-state index in [1.165, 1.54) is 0 Å². The number of nitrogens with zero attached hydrogens (tertiary/aromatic N) is 4. The van der Waals surface area contributed by atoms with Gasteiger partial charge in [-0.2, -0.15) is 28.1 Å². The summed E-state index contributed by atoms with van der Waals surface area (Å²) < 4.78 is 41.2. The number of nitrogen functional groups attached to an aromatic ring is 1. The molecule has 0 amide bonds. The fourth-order valence-corrected chi connectivity index (χ4v) is 1.83. The Morgan fingerprint density at radius 2 is 1.59 bits per heavy atom. The highest BCUT2D eigenvalue weighted by molar-refractivity contribution is 5.36. The molecule has 0 aromatic carbocycles. The molecule has 0 spiro atoms. The van der Waals surface area contributed by atoms with Crippen LogP contribution in [0.4, 0.5) is 25.1 Å². The van der Waals surface area contributed by atoms with Crippen LogP contribution in [0.1, 0.15) is 27.7 Å². The van der Waals surface area contributed by atoms with Gasteiger partial charge in [-0.1, -0.05) is 27.7 Å². The van der Waals surface area contributed by atoms with Crippen molar-refractivity contribution in [2.75, 3.05) is 30.3 Å². The van der Waals surface area contributed by atoms with Crippen LogP contribution in [-0.4, -0.2) is 40.8 Å². The second kappa shape index (κ2) is 7.46.